The predicted molar refractivity (Wildman–Crippen MR) is 105 cm³/mol. The summed E-state index contributed by atoms with van der Waals surface area (Å²) in [5.41, 5.74) is 11.0. The molecule has 0 bridgehead atoms. The molecule has 0 aromatic heterocycles. The van der Waals surface area contributed by atoms with Crippen molar-refractivity contribution in [2.24, 2.45) is 11.8 Å². The zero-order valence-corrected chi connectivity index (χ0v) is 20.5. The van der Waals surface area contributed by atoms with E-state index in [0.29, 0.717) is 0 Å². The molecular weight excluding hydrogens is 407 g/mol. The Kier molecular flexibility index (Phi) is 6.36. The second-order valence-corrected chi connectivity index (χ2v) is 17.1. The summed E-state index contributed by atoms with van der Waals surface area (Å²) in [5, 5.41) is 0. The van der Waals surface area contributed by atoms with Crippen molar-refractivity contribution in [1.29, 1.82) is 0 Å². The smallest absolute Gasteiger partial charge is 1.00 e. The first-order valence-corrected chi connectivity index (χ1v) is 14.9. The Hall–Kier alpha value is 0.254. The van der Waals surface area contributed by atoms with Crippen LogP contribution in [0.2, 0.25) is 17.9 Å². The van der Waals surface area contributed by atoms with Gasteiger partial charge in [-0.15, -0.1) is 0 Å². The van der Waals surface area contributed by atoms with Gasteiger partial charge in [0.1, 0.15) is 0 Å². The molecule has 1 fully saturated rings. The van der Waals surface area contributed by atoms with Gasteiger partial charge in [0.05, 0.1) is 0 Å². The van der Waals surface area contributed by atoms with E-state index in [1.165, 1.54) is 38.5 Å². The average Bonchev–Trinajstić information content (AvgIpc) is 3.15. The van der Waals surface area contributed by atoms with Crippen LogP contribution in [0.25, 0.3) is 0 Å². The van der Waals surface area contributed by atoms with Crippen molar-refractivity contribution in [3.8, 4) is 0 Å². The quantitative estimate of drug-likeness (QED) is 0.573. The van der Waals surface area contributed by atoms with E-state index in [0.717, 1.165) is 20.3 Å². The maximum absolute atomic E-state index is 2.65. The fourth-order valence-corrected chi connectivity index (χ4v) is 18.1. The van der Waals surface area contributed by atoms with Crippen molar-refractivity contribution in [3.05, 3.63) is 45.6 Å². The molecule has 0 radical (unpaired) electrons. The standard InChI is InChI=1S/2C11H15.C2H4.2ClH.Ti/c2*1-8-6-10-5-3-4-9(2)11(10)7-8;1-2;;;/h2*6-7,9H,3-5H2,1-2H3;1-2H2;2*1H;/q;;;;;+2/p-2. The largest absolute Gasteiger partial charge is 1.00 e. The van der Waals surface area contributed by atoms with Gasteiger partial charge in [-0.25, -0.2) is 0 Å². The molecule has 5 aliphatic rings. The number of rotatable bonds is 2. The van der Waals surface area contributed by atoms with Gasteiger partial charge in [-0.1, -0.05) is 0 Å². The molecule has 0 saturated carbocycles. The number of hydrogen-bond donors (Lipinski definition) is 0. The van der Waals surface area contributed by atoms with Crippen LogP contribution in [0.15, 0.2) is 45.6 Å². The molecule has 0 N–H and O–H groups in total. The van der Waals surface area contributed by atoms with E-state index in [4.69, 9.17) is 0 Å². The van der Waals surface area contributed by atoms with Gasteiger partial charge >= 0.3 is 158 Å². The van der Waals surface area contributed by atoms with E-state index in [9.17, 15) is 0 Å². The van der Waals surface area contributed by atoms with Gasteiger partial charge in [0.25, 0.3) is 0 Å². The Morgan fingerprint density at radius 3 is 1.52 bits per heavy atom. The molecule has 0 amide bonds. The zero-order valence-electron chi connectivity index (χ0n) is 17.4. The first-order chi connectivity index (χ1) is 12.0. The summed E-state index contributed by atoms with van der Waals surface area (Å²) in [5.74, 6) is 1.65. The van der Waals surface area contributed by atoms with Gasteiger partial charge in [0.15, 0.2) is 0 Å². The molecule has 27 heavy (non-hydrogen) atoms. The van der Waals surface area contributed by atoms with Crippen LogP contribution in [-0.4, -0.2) is 0 Å². The molecule has 4 aliphatic carbocycles. The number of halogens is 2. The second kappa shape index (κ2) is 7.83. The molecule has 4 atom stereocenters. The Morgan fingerprint density at radius 2 is 1.15 bits per heavy atom. The van der Waals surface area contributed by atoms with E-state index >= 15 is 0 Å². The second-order valence-electron chi connectivity index (χ2n) is 9.92. The summed E-state index contributed by atoms with van der Waals surface area (Å²) in [4.78, 5) is 0. The summed E-state index contributed by atoms with van der Waals surface area (Å²) < 4.78 is 5.19. The van der Waals surface area contributed by atoms with Gasteiger partial charge < -0.3 is 24.8 Å². The van der Waals surface area contributed by atoms with Crippen molar-refractivity contribution < 1.29 is 41.4 Å². The molecule has 1 saturated heterocycles. The normalized spacial score (nSPS) is 35.1. The monoisotopic (exact) mass is 440 g/mol. The first-order valence-electron chi connectivity index (χ1n) is 10.8. The van der Waals surface area contributed by atoms with Crippen molar-refractivity contribution >= 4 is 0 Å². The average molecular weight is 441 g/mol. The van der Waals surface area contributed by atoms with Gasteiger partial charge in [-0.05, 0) is 0 Å². The molecule has 0 nitrogen and oxygen atoms in total. The molecule has 148 valence electrons. The van der Waals surface area contributed by atoms with Gasteiger partial charge in [-0.3, -0.25) is 0 Å². The van der Waals surface area contributed by atoms with Crippen molar-refractivity contribution in [2.75, 3.05) is 0 Å². The molecular formula is C24H34Cl2Ti. The number of allylic oxidation sites excluding steroid dienone is 8. The summed E-state index contributed by atoms with van der Waals surface area (Å²) in [6.45, 7) is 9.95. The van der Waals surface area contributed by atoms with Crippen LogP contribution in [0.1, 0.15) is 66.2 Å². The summed E-state index contributed by atoms with van der Waals surface area (Å²) in [6, 6.07) is 0. The topological polar surface area (TPSA) is 0 Å². The SMILES string of the molecule is CC1=CC2=C(CCCC2C)[CH]1[Ti+2]1([CH]2C(C)=CC3=C2CCCC3C)[CH2][CH2]1.[Cl-].[Cl-]. The Labute approximate surface area is 182 Å². The van der Waals surface area contributed by atoms with E-state index in [1.54, 1.807) is 31.7 Å². The van der Waals surface area contributed by atoms with Crippen LogP contribution in [0.3, 0.4) is 0 Å². The zero-order chi connectivity index (χ0) is 17.3. The van der Waals surface area contributed by atoms with E-state index < -0.39 is 16.6 Å². The fraction of sp³-hybridized carbons (Fsp3) is 0.667. The predicted octanol–water partition coefficient (Wildman–Crippen LogP) is 1.73. The van der Waals surface area contributed by atoms with Gasteiger partial charge in [0.2, 0.25) is 0 Å². The Bertz CT molecular complexity index is 690. The molecule has 1 heterocycles. The van der Waals surface area contributed by atoms with Crippen LogP contribution in [0.5, 0.6) is 0 Å². The van der Waals surface area contributed by atoms with Crippen LogP contribution in [0, 0.1) is 11.8 Å². The molecule has 5 rings (SSSR count). The van der Waals surface area contributed by atoms with Crippen molar-refractivity contribution in [2.45, 2.75) is 84.1 Å². The third kappa shape index (κ3) is 3.22. The molecule has 0 spiro atoms. The van der Waals surface area contributed by atoms with Crippen LogP contribution in [0.4, 0.5) is 0 Å². The minimum atomic E-state index is -1.87. The maximum Gasteiger partial charge on any atom is -1.00 e. The molecule has 0 aromatic carbocycles. The van der Waals surface area contributed by atoms with Crippen LogP contribution in [-0.2, 0) is 16.6 Å². The third-order valence-corrected chi connectivity index (χ3v) is 17.0. The van der Waals surface area contributed by atoms with Crippen LogP contribution >= 0.6 is 0 Å². The molecule has 1 aliphatic heterocycles. The van der Waals surface area contributed by atoms with E-state index in [-0.39, 0.29) is 24.8 Å². The van der Waals surface area contributed by atoms with Crippen molar-refractivity contribution in [3.63, 3.8) is 0 Å². The molecule has 0 aromatic rings. The van der Waals surface area contributed by atoms with Gasteiger partial charge in [0, 0.05) is 0 Å². The number of hydrogen-bond acceptors (Lipinski definition) is 0. The van der Waals surface area contributed by atoms with Gasteiger partial charge in [-0.2, -0.15) is 0 Å². The van der Waals surface area contributed by atoms with Crippen molar-refractivity contribution in [1.82, 2.24) is 0 Å². The first kappa shape index (κ1) is 22.0. The van der Waals surface area contributed by atoms with E-state index in [1.807, 2.05) is 11.1 Å². The van der Waals surface area contributed by atoms with E-state index in [2.05, 4.69) is 39.8 Å². The third-order valence-electron chi connectivity index (χ3n) is 8.32. The Morgan fingerprint density at radius 1 is 0.741 bits per heavy atom. The van der Waals surface area contributed by atoms with Crippen LogP contribution < -0.4 is 24.8 Å². The summed E-state index contributed by atoms with van der Waals surface area (Å²) >= 11 is -1.87. The summed E-state index contributed by atoms with van der Waals surface area (Å²) in [6.07, 6.45) is 13.9. The molecule has 4 unspecified atom stereocenters. The Balaban J connectivity index is 0.00000105. The molecule has 3 heteroatoms. The fourth-order valence-electron chi connectivity index (χ4n) is 7.22. The maximum atomic E-state index is 2.65. The minimum absolute atomic E-state index is 0. The minimum Gasteiger partial charge on any atom is -1.00 e. The summed E-state index contributed by atoms with van der Waals surface area (Å²) in [7, 11) is 0.